The first kappa shape index (κ1) is 13.3. The number of ketones is 1. The van der Waals surface area contributed by atoms with E-state index in [0.29, 0.717) is 21.9 Å². The average molecular weight is 275 g/mol. The predicted molar refractivity (Wildman–Crippen MR) is 75.3 cm³/mol. The van der Waals surface area contributed by atoms with Gasteiger partial charge in [-0.1, -0.05) is 6.07 Å². The molecular formula is C14H13NO3S. The van der Waals surface area contributed by atoms with Gasteiger partial charge < -0.3 is 10.1 Å². The zero-order valence-corrected chi connectivity index (χ0v) is 11.4. The molecule has 0 saturated carbocycles. The van der Waals surface area contributed by atoms with Crippen LogP contribution >= 0.6 is 11.3 Å². The lowest BCUT2D eigenvalue weighted by Gasteiger charge is -2.10. The number of ether oxygens (including phenoxy) is 1. The van der Waals surface area contributed by atoms with Crippen LogP contribution in [0.25, 0.3) is 0 Å². The number of methoxy groups -OCH3 is 1. The van der Waals surface area contributed by atoms with E-state index in [4.69, 9.17) is 4.74 Å². The van der Waals surface area contributed by atoms with E-state index in [1.54, 1.807) is 24.3 Å². The van der Waals surface area contributed by atoms with Crippen LogP contribution in [-0.4, -0.2) is 18.8 Å². The molecule has 0 fully saturated rings. The number of carbonyl (C=O) groups is 2. The molecule has 2 aromatic rings. The molecule has 4 nitrogen and oxygen atoms in total. The fourth-order valence-corrected chi connectivity index (χ4v) is 2.24. The van der Waals surface area contributed by atoms with Crippen molar-refractivity contribution >= 4 is 28.7 Å². The third kappa shape index (κ3) is 3.00. The number of Topliss-reactive ketones (excluding diaryl/α,β-unsaturated/α-hetero) is 1. The minimum atomic E-state index is -0.214. The molecule has 1 aromatic carbocycles. The maximum atomic E-state index is 12.0. The van der Waals surface area contributed by atoms with Crippen molar-refractivity contribution in [3.63, 3.8) is 0 Å². The van der Waals surface area contributed by atoms with E-state index in [1.807, 2.05) is 11.4 Å². The molecule has 0 bridgehead atoms. The van der Waals surface area contributed by atoms with E-state index in [1.165, 1.54) is 25.4 Å². The van der Waals surface area contributed by atoms with Crippen LogP contribution in [0.15, 0.2) is 35.7 Å². The molecule has 0 saturated heterocycles. The van der Waals surface area contributed by atoms with Gasteiger partial charge in [-0.3, -0.25) is 9.59 Å². The maximum Gasteiger partial charge on any atom is 0.265 e. The average Bonchev–Trinajstić information content (AvgIpc) is 2.92. The van der Waals surface area contributed by atoms with Crippen molar-refractivity contribution in [3.05, 3.63) is 46.2 Å². The van der Waals surface area contributed by atoms with Crippen LogP contribution in [0, 0.1) is 0 Å². The third-order valence-electron chi connectivity index (χ3n) is 2.60. The van der Waals surface area contributed by atoms with Gasteiger partial charge in [-0.05, 0) is 36.6 Å². The van der Waals surface area contributed by atoms with Crippen molar-refractivity contribution < 1.29 is 14.3 Å². The summed E-state index contributed by atoms with van der Waals surface area (Å²) in [4.78, 5) is 24.0. The Morgan fingerprint density at radius 2 is 2.05 bits per heavy atom. The zero-order chi connectivity index (χ0) is 13.8. The number of anilines is 1. The lowest BCUT2D eigenvalue weighted by atomic mass is 10.1. The fraction of sp³-hybridized carbons (Fsp3) is 0.143. The van der Waals surface area contributed by atoms with Crippen LogP contribution < -0.4 is 10.1 Å². The monoisotopic (exact) mass is 275 g/mol. The predicted octanol–water partition coefficient (Wildman–Crippen LogP) is 3.21. The van der Waals surface area contributed by atoms with Gasteiger partial charge in [0.15, 0.2) is 5.78 Å². The Bertz CT molecular complexity index is 605. The van der Waals surface area contributed by atoms with E-state index in [0.717, 1.165) is 0 Å². The van der Waals surface area contributed by atoms with Gasteiger partial charge in [0.25, 0.3) is 5.91 Å². The first-order valence-corrected chi connectivity index (χ1v) is 6.53. The molecule has 0 spiro atoms. The Hall–Kier alpha value is -2.14. The van der Waals surface area contributed by atoms with Gasteiger partial charge in [-0.15, -0.1) is 11.3 Å². The van der Waals surface area contributed by atoms with Gasteiger partial charge in [0, 0.05) is 5.56 Å². The number of amides is 1. The van der Waals surface area contributed by atoms with Gasteiger partial charge >= 0.3 is 0 Å². The second-order valence-corrected chi connectivity index (χ2v) is 4.85. The first-order chi connectivity index (χ1) is 9.11. The number of hydrogen-bond donors (Lipinski definition) is 1. The van der Waals surface area contributed by atoms with Gasteiger partial charge in [-0.25, -0.2) is 0 Å². The van der Waals surface area contributed by atoms with Crippen molar-refractivity contribution in [2.45, 2.75) is 6.92 Å². The Labute approximate surface area is 115 Å². The summed E-state index contributed by atoms with van der Waals surface area (Å²) < 4.78 is 5.18. The zero-order valence-electron chi connectivity index (χ0n) is 10.6. The van der Waals surface area contributed by atoms with Crippen LogP contribution in [-0.2, 0) is 0 Å². The summed E-state index contributed by atoms with van der Waals surface area (Å²) in [6, 6.07) is 8.50. The van der Waals surface area contributed by atoms with Gasteiger partial charge in [-0.2, -0.15) is 0 Å². The molecule has 1 amide bonds. The van der Waals surface area contributed by atoms with Gasteiger partial charge in [0.05, 0.1) is 17.7 Å². The highest BCUT2D eigenvalue weighted by atomic mass is 32.1. The molecule has 0 aliphatic rings. The Balaban J connectivity index is 2.30. The molecule has 1 aromatic heterocycles. The van der Waals surface area contributed by atoms with Gasteiger partial charge in [0.2, 0.25) is 0 Å². The summed E-state index contributed by atoms with van der Waals surface area (Å²) in [5.74, 6) is 0.248. The maximum absolute atomic E-state index is 12.0. The highest BCUT2D eigenvalue weighted by Gasteiger charge is 2.12. The number of rotatable bonds is 4. The smallest absolute Gasteiger partial charge is 0.265 e. The lowest BCUT2D eigenvalue weighted by molar-refractivity contribution is 0.101. The van der Waals surface area contributed by atoms with Crippen LogP contribution in [0.5, 0.6) is 5.75 Å². The molecule has 98 valence electrons. The van der Waals surface area contributed by atoms with E-state index in [9.17, 15) is 9.59 Å². The highest BCUT2D eigenvalue weighted by molar-refractivity contribution is 7.12. The molecule has 0 aliphatic carbocycles. The van der Waals surface area contributed by atoms with Crippen molar-refractivity contribution in [3.8, 4) is 5.75 Å². The first-order valence-electron chi connectivity index (χ1n) is 5.65. The molecule has 0 unspecified atom stereocenters. The second-order valence-electron chi connectivity index (χ2n) is 3.90. The van der Waals surface area contributed by atoms with Crippen LogP contribution in [0.1, 0.15) is 27.0 Å². The fourth-order valence-electron chi connectivity index (χ4n) is 1.62. The van der Waals surface area contributed by atoms with E-state index in [-0.39, 0.29) is 11.7 Å². The second kappa shape index (κ2) is 5.67. The van der Waals surface area contributed by atoms with E-state index >= 15 is 0 Å². The third-order valence-corrected chi connectivity index (χ3v) is 3.47. The normalized spacial score (nSPS) is 10.0. The number of nitrogens with one attached hydrogen (secondary N) is 1. The largest absolute Gasteiger partial charge is 0.495 e. The lowest BCUT2D eigenvalue weighted by Crippen LogP contribution is -2.11. The molecule has 19 heavy (non-hydrogen) atoms. The summed E-state index contributed by atoms with van der Waals surface area (Å²) in [5, 5.41) is 4.58. The summed E-state index contributed by atoms with van der Waals surface area (Å²) in [6.07, 6.45) is 0. The SMILES string of the molecule is COc1ccc(C(C)=O)cc1NC(=O)c1cccs1. The van der Waals surface area contributed by atoms with E-state index in [2.05, 4.69) is 5.32 Å². The summed E-state index contributed by atoms with van der Waals surface area (Å²) in [7, 11) is 1.52. The molecule has 5 heteroatoms. The van der Waals surface area contributed by atoms with Crippen LogP contribution in [0.3, 0.4) is 0 Å². The Morgan fingerprint density at radius 1 is 1.26 bits per heavy atom. The van der Waals surface area contributed by atoms with Crippen molar-refractivity contribution in [2.75, 3.05) is 12.4 Å². The Kier molecular flexibility index (Phi) is 3.97. The summed E-state index contributed by atoms with van der Waals surface area (Å²) in [5.41, 5.74) is 1.02. The number of thiophene rings is 1. The van der Waals surface area contributed by atoms with Crippen LogP contribution in [0.4, 0.5) is 5.69 Å². The molecule has 0 aliphatic heterocycles. The van der Waals surface area contributed by atoms with E-state index < -0.39 is 0 Å². The van der Waals surface area contributed by atoms with Crippen molar-refractivity contribution in [1.82, 2.24) is 0 Å². The minimum absolute atomic E-state index is 0.0609. The molecule has 2 rings (SSSR count). The molecule has 1 heterocycles. The van der Waals surface area contributed by atoms with Crippen LogP contribution in [0.2, 0.25) is 0 Å². The molecule has 1 N–H and O–H groups in total. The number of hydrogen-bond acceptors (Lipinski definition) is 4. The number of benzene rings is 1. The summed E-state index contributed by atoms with van der Waals surface area (Å²) in [6.45, 7) is 1.48. The minimum Gasteiger partial charge on any atom is -0.495 e. The van der Waals surface area contributed by atoms with Crippen molar-refractivity contribution in [1.29, 1.82) is 0 Å². The molecule has 0 radical (unpaired) electrons. The quantitative estimate of drug-likeness (QED) is 0.872. The van der Waals surface area contributed by atoms with Crippen molar-refractivity contribution in [2.24, 2.45) is 0 Å². The number of carbonyl (C=O) groups excluding carboxylic acids is 2. The summed E-state index contributed by atoms with van der Waals surface area (Å²) >= 11 is 1.35. The standard InChI is InChI=1S/C14H13NO3S/c1-9(16)10-5-6-12(18-2)11(8-10)15-14(17)13-4-3-7-19-13/h3-8H,1-2H3,(H,15,17). The topological polar surface area (TPSA) is 55.4 Å². The van der Waals surface area contributed by atoms with Gasteiger partial charge in [0.1, 0.15) is 5.75 Å². The Morgan fingerprint density at radius 3 is 2.63 bits per heavy atom. The molecule has 0 atom stereocenters. The highest BCUT2D eigenvalue weighted by Crippen LogP contribution is 2.26. The molecular weight excluding hydrogens is 262 g/mol.